The van der Waals surface area contributed by atoms with E-state index in [1.54, 1.807) is 7.05 Å². The highest BCUT2D eigenvalue weighted by atomic mass is 35.5. The molecule has 25 nitrogen and oxygen atoms in total. The van der Waals surface area contributed by atoms with Gasteiger partial charge >= 0.3 is 30.2 Å². The molecule has 5 aromatic rings. The van der Waals surface area contributed by atoms with Crippen molar-refractivity contribution in [1.82, 2.24) is 56.4 Å². The summed E-state index contributed by atoms with van der Waals surface area (Å²) in [5.41, 5.74) is 20.7. The number of halogens is 5. The first-order valence-corrected chi connectivity index (χ1v) is 41.6. The van der Waals surface area contributed by atoms with Gasteiger partial charge in [0.15, 0.2) is 0 Å². The van der Waals surface area contributed by atoms with Crippen molar-refractivity contribution in [3.05, 3.63) is 144 Å². The van der Waals surface area contributed by atoms with Gasteiger partial charge in [-0.3, -0.25) is 24.5 Å². The van der Waals surface area contributed by atoms with Crippen LogP contribution in [0.1, 0.15) is 303 Å². The summed E-state index contributed by atoms with van der Waals surface area (Å²) < 4.78 is 720. The Balaban J connectivity index is 0.000000248. The number of amides is 10. The molecule has 5 saturated heterocycles. The van der Waals surface area contributed by atoms with Gasteiger partial charge in [0.1, 0.15) is 0 Å². The molecule has 131 heavy (non-hydrogen) atoms. The molecule has 30 heteroatoms. The Labute approximate surface area is 926 Å². The van der Waals surface area contributed by atoms with Crippen LogP contribution in [0, 0.1) is 64.1 Å². The molecule has 5 aliphatic carbocycles. The first-order chi connectivity index (χ1) is 94.8. The molecule has 0 spiro atoms. The Kier molecular flexibility index (Phi) is 16.2. The number of carbonyl (C=O) groups excluding carboxylic acids is 5. The molecule has 0 aromatic heterocycles. The third-order valence-corrected chi connectivity index (χ3v) is 21.4. The van der Waals surface area contributed by atoms with Crippen molar-refractivity contribution in [2.45, 2.75) is 224 Å². The van der Waals surface area contributed by atoms with Gasteiger partial charge in [0.05, 0.1) is 81.0 Å². The molecule has 5 saturated carbocycles. The van der Waals surface area contributed by atoms with Gasteiger partial charge in [-0.15, -0.1) is 0 Å². The zero-order chi connectivity index (χ0) is 169. The average Bonchev–Trinajstić information content (AvgIpc) is 0.610. The van der Waals surface area contributed by atoms with Crippen LogP contribution in [0.15, 0.2) is 91.0 Å². The van der Waals surface area contributed by atoms with E-state index in [-0.39, 0.29) is 72.9 Å². The second-order valence-corrected chi connectivity index (χ2v) is 30.3. The lowest BCUT2D eigenvalue weighted by Gasteiger charge is -2.37. The van der Waals surface area contributed by atoms with Gasteiger partial charge in [0.2, 0.25) is 0 Å². The maximum Gasteiger partial charge on any atom is 0.314 e. The van der Waals surface area contributed by atoms with Gasteiger partial charge in [-0.25, -0.2) is 24.0 Å². The van der Waals surface area contributed by atoms with Crippen molar-refractivity contribution < 1.29 is 139 Å². The third-order valence-electron chi connectivity index (χ3n) is 19.0. The van der Waals surface area contributed by atoms with Crippen LogP contribution in [0.2, 0.25) is 25.1 Å². The maximum atomic E-state index is 11.7. The molecular weight excluding hydrogens is 1750 g/mol. The fraction of sp³-hybridized carbons (Fsp3) is 0.653. The van der Waals surface area contributed by atoms with E-state index < -0.39 is 367 Å². The zero-order valence-corrected chi connectivity index (χ0v) is 74.8. The summed E-state index contributed by atoms with van der Waals surface area (Å²) in [6, 6.07) is -1.91. The smallest absolute Gasteiger partial charge is 0.314 e. The Bertz CT molecular complexity index is 8240. The van der Waals surface area contributed by atoms with Crippen LogP contribution in [0.5, 0.6) is 0 Å². The van der Waals surface area contributed by atoms with Crippen LogP contribution in [-0.2, 0) is 0 Å². The number of nitrogens with one attached hydrogen (secondary N) is 6. The molecule has 0 radical (unpaired) electrons. The van der Waals surface area contributed by atoms with Crippen molar-refractivity contribution >= 4 is 117 Å². The molecule has 5 aliphatic heterocycles. The summed E-state index contributed by atoms with van der Waals surface area (Å²) >= 11 is 31.6. The van der Waals surface area contributed by atoms with Gasteiger partial charge in [-0.2, -0.15) is 0 Å². The number of rotatable bonds is 25. The topological polar surface area (TPSA) is 294 Å². The Morgan fingerprint density at radius 2 is 0.618 bits per heavy atom. The number of hydrogen-bond acceptors (Lipinski definition) is 15. The molecule has 5 aromatic carbocycles. The number of nitrogens with two attached hydrogens (primary N) is 4. The van der Waals surface area contributed by atoms with E-state index in [4.69, 9.17) is 196 Å². The Morgan fingerprint density at radius 1 is 0.336 bits per heavy atom. The fourth-order valence-electron chi connectivity index (χ4n) is 12.2. The van der Waals surface area contributed by atoms with Crippen LogP contribution in [-0.4, -0.2) is 255 Å². The number of piperazine rings is 5. The highest BCUT2D eigenvalue weighted by Gasteiger charge is 2.32. The van der Waals surface area contributed by atoms with Crippen LogP contribution < -0.4 is 79.3 Å². The predicted octanol–water partition coefficient (Wildman–Crippen LogP) is 17.2. The zero-order valence-electron chi connectivity index (χ0n) is 155. The summed E-state index contributed by atoms with van der Waals surface area (Å²) in [6.45, 7) is -65.6. The summed E-state index contributed by atoms with van der Waals surface area (Å²) in [6.07, 6.45) is -79.8. The van der Waals surface area contributed by atoms with Gasteiger partial charge in [-0.1, -0.05) is 119 Å². The number of hydrogen-bond donors (Lipinski definition) is 10. The minimum atomic E-state index is -4.90. The van der Waals surface area contributed by atoms with E-state index in [0.717, 1.165) is 79.8 Å². The molecule has 5 heterocycles. The average molecular weight is 1990 g/mol. The fourth-order valence-corrected chi connectivity index (χ4v) is 13.3. The molecule has 15 rings (SSSR count). The molecule has 10 aliphatic rings. The summed E-state index contributed by atoms with van der Waals surface area (Å²) in [7, 11) is 1.67. The molecule has 0 atom stereocenters. The van der Waals surface area contributed by atoms with Gasteiger partial charge in [0.25, 0.3) is 0 Å². The predicted molar refractivity (Wildman–Crippen MR) is 544 cm³/mol. The van der Waals surface area contributed by atoms with Gasteiger partial charge < -0.3 is 79.3 Å². The van der Waals surface area contributed by atoms with Crippen molar-refractivity contribution in [1.29, 1.82) is 0 Å². The number of benzene rings is 5. The van der Waals surface area contributed by atoms with Crippen LogP contribution in [0.25, 0.3) is 0 Å². The number of urea groups is 5. The molecule has 0 unspecified atom stereocenters. The number of carbonyl (C=O) groups is 5. The lowest BCUT2D eigenvalue weighted by atomic mass is 9.84. The van der Waals surface area contributed by atoms with Crippen LogP contribution in [0.4, 0.5) is 52.4 Å². The minimum absolute atomic E-state index is 0.0265. The Hall–Kier alpha value is -7.30. The summed E-state index contributed by atoms with van der Waals surface area (Å²) in [5.74, 6) is -17.3. The van der Waals surface area contributed by atoms with E-state index in [2.05, 4.69) is 45.6 Å². The number of aryl methyl sites for hydroxylation is 5. The number of anilines is 5. The quantitative estimate of drug-likeness (QED) is 0.0260. The van der Waals surface area contributed by atoms with Crippen molar-refractivity contribution in [3.8, 4) is 0 Å². The SMILES string of the molecule is CNC(=O)NC1CCC(CCN2CCN(c3cccc(C)c3Cl)CC2)CC1.[2H]C([2H])(CC1([2H])C([2H])([2H])C([2H])([2H])C([2H])(NC(N)=O)C([2H])([2H])C1([2H])[2H])N1C([2H])([2H])C([2H])([2H])N(c2cccc(C)c2Cl)C([2H])([2H])C1([2H])[2H].[2H]C([2H])(CN1C([2H])([2H])C([2H])([2H])N(c2cccc(C)c2Cl)C([2H])([2H])C1([2H])[2H])C1([2H])C([2H])([2H])C([2H])([2H])C([2H])(NC(N)=O)C([2H])([2H])C1([2H])[2H].[2H]C1([2H])N(c2cccc(C)c2Cl)C([2H])([2H])C([2H])([2H])N(C([2H])([2H])C([2H])([2H])C2([2H])C([2H])([2H])C([2H])([2H])C([2H])(NC(N)=O)C([2H])([2H])C2([2H])[2H])C1([2H])[2H].[2H]C1([2H])N(c2cccc(C)c2Cl)C([2H])([2H])C([2H])([2H])N(C([2H])([2H])C([2H])([2H])C2([2H])C([2H])([2H])C([2H])([2H])C([2H])(NC(N)=O)C([2H])([2H])C2([2H])[2H])C1([2H])[2H]. The Morgan fingerprint density at radius 3 is 0.924 bits per heavy atom. The van der Waals surface area contributed by atoms with E-state index in [9.17, 15) is 24.0 Å². The molecule has 14 N–H and O–H groups in total. The van der Waals surface area contributed by atoms with Crippen LogP contribution in [0.3, 0.4) is 0 Å². The van der Waals surface area contributed by atoms with Crippen molar-refractivity contribution in [2.24, 2.45) is 52.4 Å². The van der Waals surface area contributed by atoms with Crippen molar-refractivity contribution in [3.63, 3.8) is 0 Å². The van der Waals surface area contributed by atoms with Crippen LogP contribution >= 0.6 is 58.0 Å². The first-order valence-electron chi connectivity index (χ1n) is 81.7. The van der Waals surface area contributed by atoms with E-state index in [0.29, 0.717) is 6.04 Å². The third kappa shape index (κ3) is 33.9. The molecule has 726 valence electrons. The first kappa shape index (κ1) is 39.3. The molecule has 10 fully saturated rings. The molecular formula is C101H157Cl5N20O5. The van der Waals surface area contributed by atoms with E-state index in [1.165, 1.54) is 129 Å². The number of nitrogens with zero attached hydrogens (tertiary/aromatic N) is 10. The monoisotopic (exact) mass is 1990 g/mol. The molecule has 0 bridgehead atoms. The van der Waals surface area contributed by atoms with Gasteiger partial charge in [0, 0.05) is 255 Å². The van der Waals surface area contributed by atoms with E-state index in [1.807, 2.05) is 0 Å². The lowest BCUT2D eigenvalue weighted by molar-refractivity contribution is 0.206. The number of primary amides is 4. The van der Waals surface area contributed by atoms with E-state index >= 15 is 0 Å². The second-order valence-electron chi connectivity index (χ2n) is 28.4. The summed E-state index contributed by atoms with van der Waals surface area (Å²) in [4.78, 5) is 60.0. The highest BCUT2D eigenvalue weighted by molar-refractivity contribution is 6.35. The standard InChI is InChI=1S/C21H33ClN4O.4C20H31ClN4O/c1-16-4-3-5-19(20(16)22)26-14-12-25(13-15-26)11-10-17-6-8-18(9-7-17)24-21(27)23-2;4*1-15-3-2-4-18(19(15)21)25-13-11-24(12-14-25)10-9-16-5-7-17(8-6-16)23-20(22)26/h3-5,17-18H,6-15H2,1-2H3,(H2,23,24,27);4*2-4,16-17H,5-14H2,1H3,(H3,22,23,26)/i;2*5D2,6D2,7D2,8D2,9D2,10D2,11D2,12D2,13D2,14D2,16D,17D;5D2,6D2,7D2,8D2,10D2,11D2,12D2,13D2,14D2,16D,17D;5D2,6D2,7D2,8D2,9D2,11D2,12D2,13D2,14D2,16D,17D. The molecule has 10 amide bonds. The largest absolute Gasteiger partial charge is 0.368 e. The second kappa shape index (κ2) is 53.9. The normalized spacial score (nSPS) is 51.3. The summed E-state index contributed by atoms with van der Waals surface area (Å²) in [5, 5.41) is 10.4. The maximum absolute atomic E-state index is 11.7. The highest BCUT2D eigenvalue weighted by Crippen LogP contribution is 2.38. The minimum Gasteiger partial charge on any atom is -0.368 e. The van der Waals surface area contributed by atoms with Crippen molar-refractivity contribution in [2.75, 3.05) is 194 Å². The lowest BCUT2D eigenvalue weighted by Crippen LogP contribution is -2.47. The van der Waals surface area contributed by atoms with Gasteiger partial charge in [-0.05, 0) is 314 Å².